The van der Waals surface area contributed by atoms with Crippen LogP contribution >= 0.6 is 0 Å². The summed E-state index contributed by atoms with van der Waals surface area (Å²) < 4.78 is 10.7. The first-order chi connectivity index (χ1) is 6.94. The second-order valence-electron chi connectivity index (χ2n) is 5.07. The number of piperazine rings is 1. The monoisotopic (exact) mass is 214 g/mol. The average molecular weight is 214 g/mol. The highest BCUT2D eigenvalue weighted by atomic mass is 16.6. The molecular weight excluding hydrogens is 196 g/mol. The highest BCUT2D eigenvalue weighted by molar-refractivity contribution is 5.68. The molecule has 0 spiro atoms. The number of carbonyl (C=O) groups excluding carboxylic acids is 1. The van der Waals surface area contributed by atoms with Crippen LogP contribution in [-0.2, 0) is 9.47 Å². The first kappa shape index (κ1) is 10.7. The van der Waals surface area contributed by atoms with Gasteiger partial charge in [-0.3, -0.25) is 5.32 Å². The van der Waals surface area contributed by atoms with Gasteiger partial charge in [-0.1, -0.05) is 0 Å². The molecule has 2 aliphatic heterocycles. The number of rotatable bonds is 0. The van der Waals surface area contributed by atoms with Gasteiger partial charge < -0.3 is 14.4 Å². The van der Waals surface area contributed by atoms with Gasteiger partial charge in [-0.25, -0.2) is 4.79 Å². The summed E-state index contributed by atoms with van der Waals surface area (Å²) in [7, 11) is 0. The summed E-state index contributed by atoms with van der Waals surface area (Å²) in [5, 5.41) is 3.27. The minimum atomic E-state index is -0.429. The number of nitrogens with one attached hydrogen (secondary N) is 1. The van der Waals surface area contributed by atoms with Crippen molar-refractivity contribution >= 4 is 6.09 Å². The van der Waals surface area contributed by atoms with Crippen molar-refractivity contribution in [1.29, 1.82) is 0 Å². The Bertz CT molecular complexity index is 250. The van der Waals surface area contributed by atoms with Crippen molar-refractivity contribution in [2.45, 2.75) is 38.6 Å². The second-order valence-corrected chi connectivity index (χ2v) is 5.07. The molecule has 1 amide bonds. The molecule has 2 rings (SSSR count). The molecule has 0 radical (unpaired) electrons. The molecule has 0 aromatic heterocycles. The third-order valence-corrected chi connectivity index (χ3v) is 2.40. The molecule has 2 atom stereocenters. The number of fused-ring (bicyclic) bond motifs is 2. The largest absolute Gasteiger partial charge is 0.444 e. The molecule has 0 aliphatic carbocycles. The van der Waals surface area contributed by atoms with Gasteiger partial charge in [-0.2, -0.15) is 0 Å². The molecule has 2 heterocycles. The topological polar surface area (TPSA) is 50.8 Å². The van der Waals surface area contributed by atoms with Crippen LogP contribution in [0.15, 0.2) is 0 Å². The average Bonchev–Trinajstić information content (AvgIpc) is 2.42. The van der Waals surface area contributed by atoms with Gasteiger partial charge in [0.15, 0.2) is 0 Å². The van der Waals surface area contributed by atoms with E-state index in [9.17, 15) is 4.79 Å². The van der Waals surface area contributed by atoms with Gasteiger partial charge >= 0.3 is 6.09 Å². The Morgan fingerprint density at radius 3 is 2.80 bits per heavy atom. The summed E-state index contributed by atoms with van der Waals surface area (Å²) in [6, 6.07) is 0.260. The van der Waals surface area contributed by atoms with Gasteiger partial charge in [0.25, 0.3) is 0 Å². The molecule has 0 unspecified atom stereocenters. The van der Waals surface area contributed by atoms with E-state index in [1.165, 1.54) is 0 Å². The molecule has 0 aromatic carbocycles. The van der Waals surface area contributed by atoms with E-state index < -0.39 is 5.60 Å². The number of nitrogens with zero attached hydrogens (tertiary/aromatic N) is 1. The smallest absolute Gasteiger partial charge is 0.410 e. The fourth-order valence-electron chi connectivity index (χ4n) is 1.82. The molecule has 5 heteroatoms. The number of hydrogen-bond acceptors (Lipinski definition) is 4. The summed E-state index contributed by atoms with van der Waals surface area (Å²) in [5.41, 5.74) is -0.429. The van der Waals surface area contributed by atoms with Crippen molar-refractivity contribution < 1.29 is 14.3 Å². The summed E-state index contributed by atoms with van der Waals surface area (Å²) in [5.74, 6) is 0. The lowest BCUT2D eigenvalue weighted by Gasteiger charge is -2.32. The zero-order valence-electron chi connectivity index (χ0n) is 9.45. The van der Waals surface area contributed by atoms with Crippen LogP contribution < -0.4 is 5.32 Å². The molecular formula is C10H18N2O3. The molecule has 86 valence electrons. The molecule has 2 bridgehead atoms. The van der Waals surface area contributed by atoms with Crippen LogP contribution in [0.2, 0.25) is 0 Å². The van der Waals surface area contributed by atoms with Gasteiger partial charge in [0.05, 0.1) is 19.2 Å². The van der Waals surface area contributed by atoms with E-state index in [0.29, 0.717) is 19.7 Å². The lowest BCUT2D eigenvalue weighted by Crippen LogP contribution is -2.54. The Labute approximate surface area is 89.7 Å². The Kier molecular flexibility index (Phi) is 2.60. The lowest BCUT2D eigenvalue weighted by atomic mass is 10.2. The van der Waals surface area contributed by atoms with E-state index in [2.05, 4.69) is 5.32 Å². The highest BCUT2D eigenvalue weighted by Crippen LogP contribution is 2.16. The minimum absolute atomic E-state index is 0.0173. The fourth-order valence-corrected chi connectivity index (χ4v) is 1.82. The summed E-state index contributed by atoms with van der Waals surface area (Å²) >= 11 is 0. The van der Waals surface area contributed by atoms with Crippen molar-refractivity contribution in [3.8, 4) is 0 Å². The zero-order valence-corrected chi connectivity index (χ0v) is 9.45. The molecule has 0 aromatic rings. The van der Waals surface area contributed by atoms with Crippen molar-refractivity contribution in [1.82, 2.24) is 10.2 Å². The summed E-state index contributed by atoms with van der Waals surface area (Å²) in [4.78, 5) is 13.5. The number of ether oxygens (including phenoxy) is 2. The van der Waals surface area contributed by atoms with Crippen LogP contribution in [-0.4, -0.2) is 48.6 Å². The van der Waals surface area contributed by atoms with E-state index in [0.717, 1.165) is 0 Å². The SMILES string of the molecule is CC(C)(C)OC(=O)N1C[C@H]2CO[C@@H](C1)N2. The third-order valence-electron chi connectivity index (χ3n) is 2.40. The molecule has 2 aliphatic rings. The molecule has 2 saturated heterocycles. The van der Waals surface area contributed by atoms with Crippen LogP contribution in [0.4, 0.5) is 4.79 Å². The first-order valence-electron chi connectivity index (χ1n) is 5.29. The minimum Gasteiger partial charge on any atom is -0.444 e. The van der Waals surface area contributed by atoms with Crippen molar-refractivity contribution in [2.24, 2.45) is 0 Å². The van der Waals surface area contributed by atoms with Crippen LogP contribution in [0.5, 0.6) is 0 Å². The van der Waals surface area contributed by atoms with Crippen LogP contribution in [0, 0.1) is 0 Å². The van der Waals surface area contributed by atoms with Gasteiger partial charge in [0, 0.05) is 6.54 Å². The fraction of sp³-hybridized carbons (Fsp3) is 0.900. The summed E-state index contributed by atoms with van der Waals surface area (Å²) in [6.45, 7) is 7.55. The van der Waals surface area contributed by atoms with E-state index >= 15 is 0 Å². The molecule has 15 heavy (non-hydrogen) atoms. The Hall–Kier alpha value is -0.810. The van der Waals surface area contributed by atoms with Crippen LogP contribution in [0.3, 0.4) is 0 Å². The summed E-state index contributed by atoms with van der Waals surface area (Å²) in [6.07, 6.45) is -0.263. The van der Waals surface area contributed by atoms with Crippen molar-refractivity contribution in [3.05, 3.63) is 0 Å². The second kappa shape index (κ2) is 3.64. The van der Waals surface area contributed by atoms with Crippen molar-refractivity contribution in [3.63, 3.8) is 0 Å². The molecule has 0 saturated carbocycles. The Balaban J connectivity index is 1.91. The molecule has 2 fully saturated rings. The van der Waals surface area contributed by atoms with Crippen LogP contribution in [0.25, 0.3) is 0 Å². The van der Waals surface area contributed by atoms with E-state index in [4.69, 9.17) is 9.47 Å². The standard InChI is InChI=1S/C10H18N2O3/c1-10(2,3)15-9(13)12-4-7-6-14-8(5-12)11-7/h7-8,11H,4-6H2,1-3H3/t7-,8-/m0/s1. The van der Waals surface area contributed by atoms with Gasteiger partial charge in [-0.15, -0.1) is 0 Å². The predicted molar refractivity (Wildman–Crippen MR) is 54.5 cm³/mol. The van der Waals surface area contributed by atoms with E-state index in [1.807, 2.05) is 20.8 Å². The van der Waals surface area contributed by atoms with Gasteiger partial charge in [0.2, 0.25) is 0 Å². The third kappa shape index (κ3) is 2.60. The number of amides is 1. The Morgan fingerprint density at radius 1 is 1.47 bits per heavy atom. The predicted octanol–water partition coefficient (Wildman–Crippen LogP) is 0.552. The quantitative estimate of drug-likeness (QED) is 0.640. The molecule has 5 nitrogen and oxygen atoms in total. The maximum atomic E-state index is 11.8. The highest BCUT2D eigenvalue weighted by Gasteiger charge is 2.36. The normalized spacial score (nSPS) is 30.5. The van der Waals surface area contributed by atoms with Crippen LogP contribution in [0.1, 0.15) is 20.8 Å². The van der Waals surface area contributed by atoms with Gasteiger partial charge in [-0.05, 0) is 20.8 Å². The van der Waals surface area contributed by atoms with E-state index in [-0.39, 0.29) is 18.4 Å². The van der Waals surface area contributed by atoms with Crippen molar-refractivity contribution in [2.75, 3.05) is 19.7 Å². The first-order valence-corrected chi connectivity index (χ1v) is 5.29. The number of carbonyl (C=O) groups is 1. The maximum absolute atomic E-state index is 11.8. The lowest BCUT2D eigenvalue weighted by molar-refractivity contribution is 0.00803. The van der Waals surface area contributed by atoms with Gasteiger partial charge in [0.1, 0.15) is 11.8 Å². The Morgan fingerprint density at radius 2 is 2.20 bits per heavy atom. The zero-order chi connectivity index (χ0) is 11.1. The molecule has 1 N–H and O–H groups in total. The maximum Gasteiger partial charge on any atom is 0.410 e. The number of hydrogen-bond donors (Lipinski definition) is 1. The van der Waals surface area contributed by atoms with E-state index in [1.54, 1.807) is 4.90 Å².